The molecule has 0 amide bonds. The fourth-order valence-electron chi connectivity index (χ4n) is 4.01. The second-order valence-electron chi connectivity index (χ2n) is 9.57. The quantitative estimate of drug-likeness (QED) is 0.184. The van der Waals surface area contributed by atoms with E-state index in [0.717, 1.165) is 0 Å². The molecule has 1 heteroatoms. The van der Waals surface area contributed by atoms with E-state index in [1.165, 1.54) is 135 Å². The Bertz CT molecular complexity index is 271. The first kappa shape index (κ1) is 27.0. The Balaban J connectivity index is 3.31. The minimum Gasteiger partial charge on any atom is -0.312 e. The van der Waals surface area contributed by atoms with Crippen LogP contribution in [0.3, 0.4) is 0 Å². The Labute approximate surface area is 173 Å². The number of rotatable bonds is 22. The first-order valence-electron chi connectivity index (χ1n) is 12.9. The van der Waals surface area contributed by atoms with Crippen molar-refractivity contribution in [1.29, 1.82) is 0 Å². The molecule has 0 aromatic heterocycles. The summed E-state index contributed by atoms with van der Waals surface area (Å²) in [5.74, 6) is 0. The Morgan fingerprint density at radius 1 is 0.444 bits per heavy atom. The van der Waals surface area contributed by atoms with Gasteiger partial charge < -0.3 is 5.32 Å². The molecule has 0 aliphatic rings. The van der Waals surface area contributed by atoms with Crippen LogP contribution in [0.1, 0.15) is 156 Å². The SMILES string of the molecule is CCCCCCCCCCCCNC(C)(C)CCCCCCCCCCC. The predicted molar refractivity (Wildman–Crippen MR) is 126 cm³/mol. The third kappa shape index (κ3) is 22.1. The molecule has 0 aromatic rings. The van der Waals surface area contributed by atoms with Gasteiger partial charge in [-0.05, 0) is 33.2 Å². The molecule has 1 nitrogen and oxygen atoms in total. The molecule has 0 fully saturated rings. The molecule has 164 valence electrons. The maximum Gasteiger partial charge on any atom is 0.0125 e. The zero-order chi connectivity index (χ0) is 20.1. The minimum atomic E-state index is 0.334. The van der Waals surface area contributed by atoms with Crippen LogP contribution in [0, 0.1) is 0 Å². The predicted octanol–water partition coefficient (Wildman–Crippen LogP) is 9.20. The zero-order valence-electron chi connectivity index (χ0n) is 19.8. The van der Waals surface area contributed by atoms with Gasteiger partial charge in [0.05, 0.1) is 0 Å². The highest BCUT2D eigenvalue weighted by molar-refractivity contribution is 4.77. The molecule has 0 radical (unpaired) electrons. The molecule has 0 aromatic carbocycles. The van der Waals surface area contributed by atoms with E-state index in [1.54, 1.807) is 0 Å². The van der Waals surface area contributed by atoms with E-state index in [9.17, 15) is 0 Å². The van der Waals surface area contributed by atoms with Gasteiger partial charge in [0.25, 0.3) is 0 Å². The van der Waals surface area contributed by atoms with Gasteiger partial charge in [-0.15, -0.1) is 0 Å². The smallest absolute Gasteiger partial charge is 0.0125 e. The number of nitrogens with one attached hydrogen (secondary N) is 1. The van der Waals surface area contributed by atoms with Crippen molar-refractivity contribution in [3.63, 3.8) is 0 Å². The number of hydrogen-bond donors (Lipinski definition) is 1. The van der Waals surface area contributed by atoms with Crippen molar-refractivity contribution in [2.45, 2.75) is 162 Å². The summed E-state index contributed by atoms with van der Waals surface area (Å²) in [6.07, 6.45) is 28.5. The standard InChI is InChI=1S/C26H55N/c1-5-7-9-11-13-15-17-19-21-23-25-27-26(3,4)24-22-20-18-16-14-12-10-8-6-2/h27H,5-25H2,1-4H3. The Morgan fingerprint density at radius 2 is 0.778 bits per heavy atom. The van der Waals surface area contributed by atoms with E-state index < -0.39 is 0 Å². The third-order valence-corrected chi connectivity index (χ3v) is 6.04. The lowest BCUT2D eigenvalue weighted by molar-refractivity contribution is 0.342. The summed E-state index contributed by atoms with van der Waals surface area (Å²) in [5, 5.41) is 3.81. The van der Waals surface area contributed by atoms with Gasteiger partial charge in [-0.1, -0.05) is 129 Å². The molecule has 1 N–H and O–H groups in total. The summed E-state index contributed by atoms with van der Waals surface area (Å²) in [6, 6.07) is 0. The summed E-state index contributed by atoms with van der Waals surface area (Å²) in [6.45, 7) is 10.6. The fourth-order valence-corrected chi connectivity index (χ4v) is 4.01. The van der Waals surface area contributed by atoms with Crippen LogP contribution < -0.4 is 5.32 Å². The molecular formula is C26H55N. The minimum absolute atomic E-state index is 0.334. The van der Waals surface area contributed by atoms with Gasteiger partial charge in [-0.25, -0.2) is 0 Å². The summed E-state index contributed by atoms with van der Waals surface area (Å²) < 4.78 is 0. The summed E-state index contributed by atoms with van der Waals surface area (Å²) >= 11 is 0. The van der Waals surface area contributed by atoms with Crippen LogP contribution in [0.5, 0.6) is 0 Å². The van der Waals surface area contributed by atoms with Crippen molar-refractivity contribution in [3.05, 3.63) is 0 Å². The topological polar surface area (TPSA) is 12.0 Å². The number of unbranched alkanes of at least 4 members (excludes halogenated alkanes) is 17. The van der Waals surface area contributed by atoms with Gasteiger partial charge in [0.1, 0.15) is 0 Å². The summed E-state index contributed by atoms with van der Waals surface area (Å²) in [7, 11) is 0. The van der Waals surface area contributed by atoms with E-state index in [1.807, 2.05) is 0 Å². The highest BCUT2D eigenvalue weighted by Gasteiger charge is 2.15. The van der Waals surface area contributed by atoms with Gasteiger partial charge in [0, 0.05) is 5.54 Å². The van der Waals surface area contributed by atoms with Crippen LogP contribution in [0.2, 0.25) is 0 Å². The molecule has 0 aliphatic carbocycles. The van der Waals surface area contributed by atoms with Crippen LogP contribution in [0.4, 0.5) is 0 Å². The molecule has 0 saturated carbocycles. The summed E-state index contributed by atoms with van der Waals surface area (Å²) in [5.41, 5.74) is 0.334. The second-order valence-corrected chi connectivity index (χ2v) is 9.57. The molecular weight excluding hydrogens is 326 g/mol. The highest BCUT2D eigenvalue weighted by atomic mass is 14.9. The molecule has 0 saturated heterocycles. The molecule has 0 rings (SSSR count). The molecule has 27 heavy (non-hydrogen) atoms. The van der Waals surface area contributed by atoms with E-state index in [4.69, 9.17) is 0 Å². The Kier molecular flexibility index (Phi) is 20.7. The maximum absolute atomic E-state index is 3.81. The van der Waals surface area contributed by atoms with E-state index in [0.29, 0.717) is 5.54 Å². The van der Waals surface area contributed by atoms with Gasteiger partial charge >= 0.3 is 0 Å². The third-order valence-electron chi connectivity index (χ3n) is 6.04. The van der Waals surface area contributed by atoms with Crippen molar-refractivity contribution in [1.82, 2.24) is 5.32 Å². The molecule has 0 atom stereocenters. The van der Waals surface area contributed by atoms with Crippen LogP contribution in [0.15, 0.2) is 0 Å². The fraction of sp³-hybridized carbons (Fsp3) is 1.00. The maximum atomic E-state index is 3.81. The van der Waals surface area contributed by atoms with Gasteiger partial charge in [0.2, 0.25) is 0 Å². The molecule has 0 aliphatic heterocycles. The molecule has 0 heterocycles. The van der Waals surface area contributed by atoms with Gasteiger partial charge in [-0.2, -0.15) is 0 Å². The normalized spacial score (nSPS) is 12.0. The van der Waals surface area contributed by atoms with E-state index in [2.05, 4.69) is 33.0 Å². The first-order valence-corrected chi connectivity index (χ1v) is 12.9. The molecule has 0 bridgehead atoms. The largest absolute Gasteiger partial charge is 0.312 e. The van der Waals surface area contributed by atoms with Crippen LogP contribution in [0.25, 0.3) is 0 Å². The lowest BCUT2D eigenvalue weighted by atomic mass is 9.95. The first-order chi connectivity index (χ1) is 13.1. The van der Waals surface area contributed by atoms with Crippen molar-refractivity contribution >= 4 is 0 Å². The van der Waals surface area contributed by atoms with Crippen LogP contribution >= 0.6 is 0 Å². The lowest BCUT2D eigenvalue weighted by Gasteiger charge is -2.26. The van der Waals surface area contributed by atoms with E-state index >= 15 is 0 Å². The van der Waals surface area contributed by atoms with Gasteiger partial charge in [0.15, 0.2) is 0 Å². The highest BCUT2D eigenvalue weighted by Crippen LogP contribution is 2.17. The lowest BCUT2D eigenvalue weighted by Crippen LogP contribution is -2.39. The zero-order valence-corrected chi connectivity index (χ0v) is 19.8. The van der Waals surface area contributed by atoms with Crippen LogP contribution in [-0.4, -0.2) is 12.1 Å². The second kappa shape index (κ2) is 20.7. The molecule has 0 spiro atoms. The van der Waals surface area contributed by atoms with Crippen LogP contribution in [-0.2, 0) is 0 Å². The molecule has 0 unspecified atom stereocenters. The average Bonchev–Trinajstić information content (AvgIpc) is 2.64. The Hall–Kier alpha value is -0.0400. The van der Waals surface area contributed by atoms with E-state index in [-0.39, 0.29) is 0 Å². The summed E-state index contributed by atoms with van der Waals surface area (Å²) in [4.78, 5) is 0. The van der Waals surface area contributed by atoms with Gasteiger partial charge in [-0.3, -0.25) is 0 Å². The van der Waals surface area contributed by atoms with Crippen molar-refractivity contribution in [2.24, 2.45) is 0 Å². The number of hydrogen-bond acceptors (Lipinski definition) is 1. The monoisotopic (exact) mass is 381 g/mol. The average molecular weight is 382 g/mol. The van der Waals surface area contributed by atoms with Crippen molar-refractivity contribution < 1.29 is 0 Å². The van der Waals surface area contributed by atoms with Crippen molar-refractivity contribution in [3.8, 4) is 0 Å². The van der Waals surface area contributed by atoms with Crippen molar-refractivity contribution in [2.75, 3.05) is 6.54 Å². The Morgan fingerprint density at radius 3 is 1.19 bits per heavy atom.